The van der Waals surface area contributed by atoms with E-state index in [0.717, 1.165) is 16.1 Å². The Bertz CT molecular complexity index is 391. The van der Waals surface area contributed by atoms with Crippen molar-refractivity contribution in [3.05, 3.63) is 34.3 Å². The summed E-state index contributed by atoms with van der Waals surface area (Å²) in [5, 5.41) is 14.2. The van der Waals surface area contributed by atoms with Gasteiger partial charge in [0.25, 0.3) is 0 Å². The Hall–Kier alpha value is -0.610. The smallest absolute Gasteiger partial charge is 0.0869 e. The molecule has 2 N–H and O–H groups in total. The second kappa shape index (κ2) is 6.53. The van der Waals surface area contributed by atoms with Gasteiger partial charge in [-0.25, -0.2) is 0 Å². The van der Waals surface area contributed by atoms with Crippen LogP contribution in [0.25, 0.3) is 0 Å². The van der Waals surface area contributed by atoms with E-state index < -0.39 is 5.60 Å². The number of benzene rings is 1. The first-order valence-corrected chi connectivity index (χ1v) is 6.51. The number of halogens is 1. The van der Waals surface area contributed by atoms with Crippen LogP contribution < -0.4 is 5.32 Å². The highest BCUT2D eigenvalue weighted by Crippen LogP contribution is 2.16. The van der Waals surface area contributed by atoms with E-state index in [9.17, 15) is 5.11 Å². The summed E-state index contributed by atoms with van der Waals surface area (Å²) in [6.45, 7) is 5.72. The van der Waals surface area contributed by atoms with Gasteiger partial charge in [-0.15, -0.1) is 0 Å². The molecule has 18 heavy (non-hydrogen) atoms. The lowest BCUT2D eigenvalue weighted by Crippen LogP contribution is -2.45. The molecule has 1 unspecified atom stereocenters. The first-order valence-electron chi connectivity index (χ1n) is 6.13. The Morgan fingerprint density at radius 2 is 2.06 bits per heavy atom. The molecular formula is C14H23ClN2O. The van der Waals surface area contributed by atoms with Crippen molar-refractivity contribution < 1.29 is 5.11 Å². The Morgan fingerprint density at radius 1 is 1.39 bits per heavy atom. The zero-order valence-electron chi connectivity index (χ0n) is 11.6. The van der Waals surface area contributed by atoms with Crippen molar-refractivity contribution in [3.63, 3.8) is 0 Å². The molecule has 1 aromatic rings. The van der Waals surface area contributed by atoms with E-state index in [0.29, 0.717) is 19.6 Å². The lowest BCUT2D eigenvalue weighted by atomic mass is 10.1. The van der Waals surface area contributed by atoms with Crippen LogP contribution in [0.2, 0.25) is 5.02 Å². The minimum absolute atomic E-state index is 0.552. The van der Waals surface area contributed by atoms with Crippen LogP contribution in [0, 0.1) is 6.92 Å². The van der Waals surface area contributed by atoms with Crippen LogP contribution in [0.1, 0.15) is 18.1 Å². The molecule has 0 fully saturated rings. The second-order valence-corrected chi connectivity index (χ2v) is 5.83. The van der Waals surface area contributed by atoms with E-state index in [1.165, 1.54) is 0 Å². The molecule has 0 spiro atoms. The van der Waals surface area contributed by atoms with Crippen molar-refractivity contribution in [2.45, 2.75) is 26.0 Å². The molecule has 0 heterocycles. The van der Waals surface area contributed by atoms with Crippen molar-refractivity contribution >= 4 is 11.6 Å². The van der Waals surface area contributed by atoms with Crippen LogP contribution in [-0.2, 0) is 6.54 Å². The van der Waals surface area contributed by atoms with Crippen LogP contribution >= 0.6 is 11.6 Å². The summed E-state index contributed by atoms with van der Waals surface area (Å²) < 4.78 is 0. The number of nitrogens with one attached hydrogen (secondary N) is 1. The molecule has 0 amide bonds. The van der Waals surface area contributed by atoms with Crippen LogP contribution in [0.4, 0.5) is 0 Å². The number of hydrogen-bond acceptors (Lipinski definition) is 3. The molecule has 1 aromatic carbocycles. The Labute approximate surface area is 115 Å². The summed E-state index contributed by atoms with van der Waals surface area (Å²) in [6.07, 6.45) is 0. The standard InChI is InChI=1S/C14H23ClN2O/c1-11-5-6-12(7-13(11)15)8-16-9-14(2,18)10-17(3)4/h5-7,16,18H,8-10H2,1-4H3. The molecule has 0 aromatic heterocycles. The van der Waals surface area contributed by atoms with Crippen molar-refractivity contribution in [1.82, 2.24) is 10.2 Å². The molecule has 4 heteroatoms. The minimum Gasteiger partial charge on any atom is -0.388 e. The average molecular weight is 271 g/mol. The number of aryl methyl sites for hydroxylation is 1. The number of nitrogens with zero attached hydrogens (tertiary/aromatic N) is 1. The van der Waals surface area contributed by atoms with Gasteiger partial charge in [0.05, 0.1) is 5.60 Å². The zero-order chi connectivity index (χ0) is 13.8. The average Bonchev–Trinajstić information content (AvgIpc) is 2.21. The lowest BCUT2D eigenvalue weighted by molar-refractivity contribution is 0.0336. The number of likely N-dealkylation sites (N-methyl/N-ethyl adjacent to an activating group) is 1. The van der Waals surface area contributed by atoms with Gasteiger partial charge in [0.15, 0.2) is 0 Å². The molecule has 1 atom stereocenters. The topological polar surface area (TPSA) is 35.5 Å². The highest BCUT2D eigenvalue weighted by molar-refractivity contribution is 6.31. The summed E-state index contributed by atoms with van der Waals surface area (Å²) in [6, 6.07) is 6.02. The van der Waals surface area contributed by atoms with Crippen molar-refractivity contribution in [2.75, 3.05) is 27.2 Å². The van der Waals surface area contributed by atoms with E-state index in [1.807, 2.05) is 45.0 Å². The molecule has 0 aliphatic carbocycles. The summed E-state index contributed by atoms with van der Waals surface area (Å²) in [4.78, 5) is 1.98. The molecule has 0 saturated carbocycles. The fourth-order valence-corrected chi connectivity index (χ4v) is 2.16. The number of rotatable bonds is 6. The van der Waals surface area contributed by atoms with Gasteiger partial charge < -0.3 is 15.3 Å². The van der Waals surface area contributed by atoms with Gasteiger partial charge in [0.2, 0.25) is 0 Å². The quantitative estimate of drug-likeness (QED) is 0.831. The first-order chi connectivity index (χ1) is 8.30. The summed E-state index contributed by atoms with van der Waals surface area (Å²) >= 11 is 6.07. The molecule has 0 saturated heterocycles. The van der Waals surface area contributed by atoms with Gasteiger partial charge in [0.1, 0.15) is 0 Å². The van der Waals surface area contributed by atoms with E-state index in [1.54, 1.807) is 0 Å². The van der Waals surface area contributed by atoms with E-state index >= 15 is 0 Å². The Kier molecular flexibility index (Phi) is 5.60. The normalized spacial score (nSPS) is 14.8. The summed E-state index contributed by atoms with van der Waals surface area (Å²) in [5.41, 5.74) is 1.49. The fraction of sp³-hybridized carbons (Fsp3) is 0.571. The van der Waals surface area contributed by atoms with Gasteiger partial charge in [-0.3, -0.25) is 0 Å². The molecule has 3 nitrogen and oxygen atoms in total. The van der Waals surface area contributed by atoms with Gasteiger partial charge in [-0.1, -0.05) is 23.7 Å². The monoisotopic (exact) mass is 270 g/mol. The highest BCUT2D eigenvalue weighted by atomic mass is 35.5. The molecule has 102 valence electrons. The summed E-state index contributed by atoms with van der Waals surface area (Å²) in [7, 11) is 3.91. The predicted molar refractivity (Wildman–Crippen MR) is 77.1 cm³/mol. The maximum Gasteiger partial charge on any atom is 0.0869 e. The van der Waals surface area contributed by atoms with Crippen molar-refractivity contribution in [2.24, 2.45) is 0 Å². The molecular weight excluding hydrogens is 248 g/mol. The van der Waals surface area contributed by atoms with Crippen molar-refractivity contribution in [3.8, 4) is 0 Å². The third-order valence-corrected chi connectivity index (χ3v) is 3.14. The number of hydrogen-bond donors (Lipinski definition) is 2. The van der Waals surface area contributed by atoms with Gasteiger partial charge in [0, 0.05) is 24.7 Å². The fourth-order valence-electron chi connectivity index (χ4n) is 1.96. The zero-order valence-corrected chi connectivity index (χ0v) is 12.4. The lowest BCUT2D eigenvalue weighted by Gasteiger charge is -2.27. The van der Waals surface area contributed by atoms with Crippen LogP contribution in [0.5, 0.6) is 0 Å². The predicted octanol–water partition coefficient (Wildman–Crippen LogP) is 2.05. The van der Waals surface area contributed by atoms with Crippen LogP contribution in [-0.4, -0.2) is 42.8 Å². The van der Waals surface area contributed by atoms with E-state index in [2.05, 4.69) is 11.4 Å². The molecule has 0 aliphatic heterocycles. The number of aliphatic hydroxyl groups is 1. The largest absolute Gasteiger partial charge is 0.388 e. The van der Waals surface area contributed by atoms with Gasteiger partial charge in [-0.2, -0.15) is 0 Å². The summed E-state index contributed by atoms with van der Waals surface area (Å²) in [5.74, 6) is 0. The van der Waals surface area contributed by atoms with Gasteiger partial charge >= 0.3 is 0 Å². The van der Waals surface area contributed by atoms with E-state index in [4.69, 9.17) is 11.6 Å². The molecule has 1 rings (SSSR count). The SMILES string of the molecule is Cc1ccc(CNCC(C)(O)CN(C)C)cc1Cl. The maximum atomic E-state index is 10.1. The highest BCUT2D eigenvalue weighted by Gasteiger charge is 2.20. The van der Waals surface area contributed by atoms with E-state index in [-0.39, 0.29) is 0 Å². The minimum atomic E-state index is -0.724. The van der Waals surface area contributed by atoms with Crippen molar-refractivity contribution in [1.29, 1.82) is 0 Å². The third kappa shape index (κ3) is 5.36. The van der Waals surface area contributed by atoms with Crippen LogP contribution in [0.3, 0.4) is 0 Å². The maximum absolute atomic E-state index is 10.1. The van der Waals surface area contributed by atoms with Gasteiger partial charge in [-0.05, 0) is 45.1 Å². The third-order valence-electron chi connectivity index (χ3n) is 2.73. The molecule has 0 radical (unpaired) electrons. The first kappa shape index (κ1) is 15.4. The van der Waals surface area contributed by atoms with Crippen LogP contribution in [0.15, 0.2) is 18.2 Å². The second-order valence-electron chi connectivity index (χ2n) is 5.42. The Morgan fingerprint density at radius 3 is 2.61 bits per heavy atom. The Balaban J connectivity index is 2.43. The molecule has 0 bridgehead atoms. The molecule has 0 aliphatic rings.